The average Bonchev–Trinajstić information content (AvgIpc) is 2.84. The molecule has 6 heteroatoms. The van der Waals surface area contributed by atoms with Crippen LogP contribution in [0.15, 0.2) is 36.4 Å². The summed E-state index contributed by atoms with van der Waals surface area (Å²) < 4.78 is 0. The maximum absolute atomic E-state index is 12.2. The first kappa shape index (κ1) is 16.7. The first-order chi connectivity index (χ1) is 11.7. The Hall–Kier alpha value is -2.14. The van der Waals surface area contributed by atoms with Gasteiger partial charge in [0.1, 0.15) is 5.82 Å². The molecule has 0 spiro atoms. The van der Waals surface area contributed by atoms with Crippen LogP contribution in [0, 0.1) is 0 Å². The fraction of sp³-hybridized carbons (Fsp3) is 0.389. The van der Waals surface area contributed by atoms with Crippen molar-refractivity contribution in [1.82, 2.24) is 10.2 Å². The lowest BCUT2D eigenvalue weighted by Crippen LogP contribution is -2.20. The fourth-order valence-electron chi connectivity index (χ4n) is 2.92. The van der Waals surface area contributed by atoms with E-state index in [0.717, 1.165) is 5.82 Å². The topological polar surface area (TPSA) is 66.9 Å². The van der Waals surface area contributed by atoms with Gasteiger partial charge >= 0.3 is 0 Å². The molecule has 0 aliphatic heterocycles. The number of hydrogen-bond donors (Lipinski definition) is 2. The molecule has 0 atom stereocenters. The molecule has 1 aliphatic rings. The van der Waals surface area contributed by atoms with Crippen molar-refractivity contribution in [1.29, 1.82) is 0 Å². The highest BCUT2D eigenvalue weighted by Crippen LogP contribution is 2.20. The molecule has 2 N–H and O–H groups in total. The minimum Gasteiger partial charge on any atom is -0.366 e. The van der Waals surface area contributed by atoms with E-state index in [4.69, 9.17) is 11.6 Å². The molecule has 0 bridgehead atoms. The summed E-state index contributed by atoms with van der Waals surface area (Å²) in [5, 5.41) is 14.9. The van der Waals surface area contributed by atoms with Crippen LogP contribution in [0.25, 0.3) is 0 Å². The number of aromatic nitrogens is 2. The maximum atomic E-state index is 12.2. The zero-order chi connectivity index (χ0) is 16.8. The summed E-state index contributed by atoms with van der Waals surface area (Å²) in [5.41, 5.74) is 0.913. The molecule has 1 aliphatic carbocycles. The summed E-state index contributed by atoms with van der Waals surface area (Å²) in [4.78, 5) is 12.2. The Kier molecular flexibility index (Phi) is 5.64. The molecular formula is C18H21ClN4O. The van der Waals surface area contributed by atoms with Gasteiger partial charge in [-0.25, -0.2) is 0 Å². The second kappa shape index (κ2) is 8.11. The van der Waals surface area contributed by atoms with Crippen LogP contribution in [0.3, 0.4) is 0 Å². The van der Waals surface area contributed by atoms with Gasteiger partial charge in [0, 0.05) is 16.8 Å². The highest BCUT2D eigenvalue weighted by Gasteiger charge is 2.14. The number of benzene rings is 1. The number of rotatable bonds is 4. The van der Waals surface area contributed by atoms with Crippen LogP contribution in [-0.4, -0.2) is 22.1 Å². The van der Waals surface area contributed by atoms with E-state index in [1.165, 1.54) is 38.5 Å². The number of hydrogen-bond acceptors (Lipinski definition) is 4. The third-order valence-corrected chi connectivity index (χ3v) is 4.42. The second-order valence-corrected chi connectivity index (χ2v) is 6.54. The van der Waals surface area contributed by atoms with Gasteiger partial charge in [0.05, 0.1) is 0 Å². The van der Waals surface area contributed by atoms with Crippen molar-refractivity contribution >= 4 is 29.0 Å². The Morgan fingerprint density at radius 2 is 1.83 bits per heavy atom. The molecule has 2 aromatic rings. The molecule has 3 rings (SSSR count). The summed E-state index contributed by atoms with van der Waals surface area (Å²) >= 11 is 5.91. The van der Waals surface area contributed by atoms with Crippen LogP contribution in [0.4, 0.5) is 11.5 Å². The highest BCUT2D eigenvalue weighted by atomic mass is 35.5. The lowest BCUT2D eigenvalue weighted by Gasteiger charge is -2.16. The molecule has 1 fully saturated rings. The fourth-order valence-corrected chi connectivity index (χ4v) is 3.11. The SMILES string of the molecule is O=C(Nc1cccc(Cl)c1)c1ccc(NC2CCCCCC2)nn1. The number of carbonyl (C=O) groups is 1. The average molecular weight is 345 g/mol. The van der Waals surface area contributed by atoms with Crippen LogP contribution in [0.5, 0.6) is 0 Å². The minimum absolute atomic E-state index is 0.279. The Morgan fingerprint density at radius 1 is 1.04 bits per heavy atom. The normalized spacial score (nSPS) is 15.5. The monoisotopic (exact) mass is 344 g/mol. The number of nitrogens with zero attached hydrogens (tertiary/aromatic N) is 2. The van der Waals surface area contributed by atoms with Crippen molar-refractivity contribution in [2.45, 2.75) is 44.6 Å². The zero-order valence-corrected chi connectivity index (χ0v) is 14.2. The predicted octanol–water partition coefficient (Wildman–Crippen LogP) is 4.52. The van der Waals surface area contributed by atoms with Gasteiger partial charge in [-0.3, -0.25) is 4.79 Å². The highest BCUT2D eigenvalue weighted by molar-refractivity contribution is 6.30. The minimum atomic E-state index is -0.300. The molecule has 5 nitrogen and oxygen atoms in total. The van der Waals surface area contributed by atoms with E-state index in [9.17, 15) is 4.79 Å². The van der Waals surface area contributed by atoms with Gasteiger partial charge in [0.25, 0.3) is 5.91 Å². The molecule has 1 heterocycles. The summed E-state index contributed by atoms with van der Waals surface area (Å²) in [6, 6.07) is 11.0. The molecular weight excluding hydrogens is 324 g/mol. The Labute approximate surface area is 146 Å². The third kappa shape index (κ3) is 4.68. The predicted molar refractivity (Wildman–Crippen MR) is 96.5 cm³/mol. The summed E-state index contributed by atoms with van der Waals surface area (Å²) in [6.45, 7) is 0. The van der Waals surface area contributed by atoms with E-state index < -0.39 is 0 Å². The van der Waals surface area contributed by atoms with Crippen molar-refractivity contribution in [3.05, 3.63) is 47.1 Å². The lowest BCUT2D eigenvalue weighted by atomic mass is 10.1. The van der Waals surface area contributed by atoms with Crippen LogP contribution in [-0.2, 0) is 0 Å². The maximum Gasteiger partial charge on any atom is 0.276 e. The Balaban J connectivity index is 1.60. The van der Waals surface area contributed by atoms with Gasteiger partial charge in [-0.05, 0) is 43.2 Å². The van der Waals surface area contributed by atoms with E-state index >= 15 is 0 Å². The Bertz CT molecular complexity index is 682. The van der Waals surface area contributed by atoms with Crippen molar-refractivity contribution in [3.8, 4) is 0 Å². The smallest absolute Gasteiger partial charge is 0.276 e. The van der Waals surface area contributed by atoms with Gasteiger partial charge in [-0.2, -0.15) is 0 Å². The Morgan fingerprint density at radius 3 is 2.50 bits per heavy atom. The van der Waals surface area contributed by atoms with E-state index in [2.05, 4.69) is 20.8 Å². The number of halogens is 1. The number of anilines is 2. The van der Waals surface area contributed by atoms with E-state index in [-0.39, 0.29) is 11.6 Å². The van der Waals surface area contributed by atoms with Gasteiger partial charge in [-0.15, -0.1) is 10.2 Å². The third-order valence-electron chi connectivity index (χ3n) is 4.19. The number of nitrogens with one attached hydrogen (secondary N) is 2. The van der Waals surface area contributed by atoms with Gasteiger partial charge in [0.2, 0.25) is 0 Å². The van der Waals surface area contributed by atoms with Gasteiger partial charge < -0.3 is 10.6 Å². The molecule has 24 heavy (non-hydrogen) atoms. The zero-order valence-electron chi connectivity index (χ0n) is 13.5. The summed E-state index contributed by atoms with van der Waals surface area (Å²) in [7, 11) is 0. The van der Waals surface area contributed by atoms with Crippen LogP contribution in [0.1, 0.15) is 49.0 Å². The molecule has 0 radical (unpaired) electrons. The van der Waals surface area contributed by atoms with Crippen molar-refractivity contribution in [2.24, 2.45) is 0 Å². The quantitative estimate of drug-likeness (QED) is 0.800. The standard InChI is InChI=1S/C18H21ClN4O/c19-13-6-5-9-15(12-13)21-18(24)16-10-11-17(23-22-16)20-14-7-3-1-2-4-8-14/h5-6,9-12,14H,1-4,7-8H2,(H,20,23)(H,21,24). The van der Waals surface area contributed by atoms with E-state index in [1.807, 2.05) is 6.07 Å². The molecule has 1 amide bonds. The van der Waals surface area contributed by atoms with Gasteiger partial charge in [-0.1, -0.05) is 43.4 Å². The van der Waals surface area contributed by atoms with Crippen LogP contribution in [0.2, 0.25) is 5.02 Å². The molecule has 1 aromatic carbocycles. The molecule has 0 unspecified atom stereocenters. The lowest BCUT2D eigenvalue weighted by molar-refractivity contribution is 0.102. The summed E-state index contributed by atoms with van der Waals surface area (Å²) in [5.74, 6) is 0.423. The summed E-state index contributed by atoms with van der Waals surface area (Å²) in [6.07, 6.45) is 7.47. The van der Waals surface area contributed by atoms with E-state index in [1.54, 1.807) is 30.3 Å². The molecule has 0 saturated heterocycles. The van der Waals surface area contributed by atoms with Crippen LogP contribution >= 0.6 is 11.6 Å². The van der Waals surface area contributed by atoms with Crippen molar-refractivity contribution in [2.75, 3.05) is 10.6 Å². The van der Waals surface area contributed by atoms with E-state index in [0.29, 0.717) is 16.8 Å². The second-order valence-electron chi connectivity index (χ2n) is 6.10. The number of amides is 1. The van der Waals surface area contributed by atoms with Crippen molar-refractivity contribution < 1.29 is 4.79 Å². The molecule has 1 saturated carbocycles. The molecule has 1 aromatic heterocycles. The van der Waals surface area contributed by atoms with Crippen LogP contribution < -0.4 is 10.6 Å². The first-order valence-corrected chi connectivity index (χ1v) is 8.76. The first-order valence-electron chi connectivity index (χ1n) is 8.38. The number of carbonyl (C=O) groups excluding carboxylic acids is 1. The van der Waals surface area contributed by atoms with Gasteiger partial charge in [0.15, 0.2) is 5.69 Å². The van der Waals surface area contributed by atoms with Crippen molar-refractivity contribution in [3.63, 3.8) is 0 Å². The molecule has 126 valence electrons. The largest absolute Gasteiger partial charge is 0.366 e.